The van der Waals surface area contributed by atoms with Gasteiger partial charge in [0.2, 0.25) is 0 Å². The zero-order chi connectivity index (χ0) is 11.3. The predicted molar refractivity (Wildman–Crippen MR) is 66.7 cm³/mol. The summed E-state index contributed by atoms with van der Waals surface area (Å²) in [6.07, 6.45) is 0. The van der Waals surface area contributed by atoms with Crippen LogP contribution in [0.2, 0.25) is 0 Å². The summed E-state index contributed by atoms with van der Waals surface area (Å²) in [7, 11) is 5.82. The Bertz CT molecular complexity index is 315. The van der Waals surface area contributed by atoms with Crippen molar-refractivity contribution in [3.05, 3.63) is 18.2 Å². The highest BCUT2D eigenvalue weighted by atomic mass is 32.2. The van der Waals surface area contributed by atoms with Gasteiger partial charge in [-0.15, -0.1) is 11.8 Å². The van der Waals surface area contributed by atoms with Crippen LogP contribution in [0.1, 0.15) is 0 Å². The predicted octanol–water partition coefficient (Wildman–Crippen LogP) is 1.93. The van der Waals surface area contributed by atoms with E-state index >= 15 is 0 Å². The van der Waals surface area contributed by atoms with Crippen molar-refractivity contribution in [2.24, 2.45) is 0 Å². The molecule has 0 fully saturated rings. The first kappa shape index (κ1) is 12.2. The topological polar surface area (TPSA) is 38.5 Å². The largest absolute Gasteiger partial charge is 0.496 e. The van der Waals surface area contributed by atoms with E-state index in [1.165, 1.54) is 0 Å². The lowest BCUT2D eigenvalue weighted by atomic mass is 10.3. The number of nitrogen functional groups attached to an aromatic ring is 1. The Balaban J connectivity index is 2.62. The van der Waals surface area contributed by atoms with Crippen LogP contribution in [0.25, 0.3) is 0 Å². The minimum Gasteiger partial charge on any atom is -0.496 e. The van der Waals surface area contributed by atoms with Gasteiger partial charge < -0.3 is 15.4 Å². The molecule has 4 heteroatoms. The van der Waals surface area contributed by atoms with Gasteiger partial charge in [-0.05, 0) is 32.3 Å². The first-order valence-electron chi connectivity index (χ1n) is 4.84. The van der Waals surface area contributed by atoms with Crippen LogP contribution in [0, 0.1) is 0 Å². The Morgan fingerprint density at radius 2 is 2.13 bits per heavy atom. The van der Waals surface area contributed by atoms with E-state index in [9.17, 15) is 0 Å². The van der Waals surface area contributed by atoms with Crippen LogP contribution in [-0.2, 0) is 0 Å². The van der Waals surface area contributed by atoms with Crippen molar-refractivity contribution in [2.45, 2.75) is 4.90 Å². The number of methoxy groups -OCH3 is 1. The van der Waals surface area contributed by atoms with Crippen LogP contribution in [0.5, 0.6) is 5.75 Å². The SMILES string of the molecule is COc1ccc(N)cc1SCCN(C)C. The van der Waals surface area contributed by atoms with Gasteiger partial charge in [0.25, 0.3) is 0 Å². The average molecular weight is 226 g/mol. The maximum atomic E-state index is 5.73. The molecule has 1 aromatic rings. The molecule has 1 rings (SSSR count). The van der Waals surface area contributed by atoms with Crippen molar-refractivity contribution in [1.82, 2.24) is 4.90 Å². The molecule has 0 atom stereocenters. The second-order valence-corrected chi connectivity index (χ2v) is 4.70. The zero-order valence-electron chi connectivity index (χ0n) is 9.49. The quantitative estimate of drug-likeness (QED) is 0.615. The van der Waals surface area contributed by atoms with Crippen molar-refractivity contribution in [3.63, 3.8) is 0 Å². The lowest BCUT2D eigenvalue weighted by Crippen LogP contribution is -2.14. The highest BCUT2D eigenvalue weighted by Crippen LogP contribution is 2.30. The number of benzene rings is 1. The zero-order valence-corrected chi connectivity index (χ0v) is 10.3. The lowest BCUT2D eigenvalue weighted by molar-refractivity contribution is 0.404. The molecule has 0 aliphatic carbocycles. The van der Waals surface area contributed by atoms with Gasteiger partial charge in [-0.1, -0.05) is 0 Å². The van der Waals surface area contributed by atoms with E-state index in [1.54, 1.807) is 18.9 Å². The van der Waals surface area contributed by atoms with Gasteiger partial charge >= 0.3 is 0 Å². The van der Waals surface area contributed by atoms with E-state index in [0.717, 1.165) is 28.6 Å². The number of hydrogen-bond donors (Lipinski definition) is 1. The number of thioether (sulfide) groups is 1. The molecule has 0 aliphatic heterocycles. The summed E-state index contributed by atoms with van der Waals surface area (Å²) >= 11 is 1.77. The Hall–Kier alpha value is -0.870. The number of nitrogens with zero attached hydrogens (tertiary/aromatic N) is 1. The van der Waals surface area contributed by atoms with Gasteiger partial charge in [-0.25, -0.2) is 0 Å². The Morgan fingerprint density at radius 1 is 1.40 bits per heavy atom. The lowest BCUT2D eigenvalue weighted by Gasteiger charge is -2.11. The summed E-state index contributed by atoms with van der Waals surface area (Å²) in [6, 6.07) is 5.72. The molecule has 0 heterocycles. The smallest absolute Gasteiger partial charge is 0.132 e. The fraction of sp³-hybridized carbons (Fsp3) is 0.455. The van der Waals surface area contributed by atoms with E-state index in [1.807, 2.05) is 18.2 Å². The van der Waals surface area contributed by atoms with Gasteiger partial charge in [0.15, 0.2) is 0 Å². The van der Waals surface area contributed by atoms with Crippen LogP contribution in [0.4, 0.5) is 5.69 Å². The highest BCUT2D eigenvalue weighted by Gasteiger charge is 2.03. The molecule has 0 radical (unpaired) electrons. The molecule has 0 aromatic heterocycles. The standard InChI is InChI=1S/C11H18N2OS/c1-13(2)6-7-15-11-8-9(12)4-5-10(11)14-3/h4-5,8H,6-7,12H2,1-3H3. The molecule has 3 nitrogen and oxygen atoms in total. The summed E-state index contributed by atoms with van der Waals surface area (Å²) in [5.41, 5.74) is 6.52. The minimum atomic E-state index is 0.781. The van der Waals surface area contributed by atoms with Gasteiger partial charge in [0.05, 0.1) is 12.0 Å². The second-order valence-electron chi connectivity index (χ2n) is 3.56. The third-order valence-corrected chi connectivity index (χ3v) is 3.00. The molecule has 0 saturated heterocycles. The monoisotopic (exact) mass is 226 g/mol. The van der Waals surface area contributed by atoms with Crippen molar-refractivity contribution in [3.8, 4) is 5.75 Å². The number of hydrogen-bond acceptors (Lipinski definition) is 4. The third kappa shape index (κ3) is 4.01. The van der Waals surface area contributed by atoms with Crippen molar-refractivity contribution >= 4 is 17.4 Å². The second kappa shape index (κ2) is 5.88. The molecule has 1 aromatic carbocycles. The van der Waals surface area contributed by atoms with Crippen LogP contribution >= 0.6 is 11.8 Å². The molecule has 0 aliphatic rings. The van der Waals surface area contributed by atoms with Gasteiger partial charge in [-0.2, -0.15) is 0 Å². The van der Waals surface area contributed by atoms with Crippen LogP contribution in [-0.4, -0.2) is 38.4 Å². The summed E-state index contributed by atoms with van der Waals surface area (Å²) in [5.74, 6) is 1.93. The van der Waals surface area contributed by atoms with Crippen LogP contribution in [0.3, 0.4) is 0 Å². The molecule has 0 amide bonds. The summed E-state index contributed by atoms with van der Waals surface area (Å²) in [4.78, 5) is 3.27. The minimum absolute atomic E-state index is 0.781. The molecule has 0 saturated carbocycles. The number of nitrogens with two attached hydrogens (primary N) is 1. The fourth-order valence-corrected chi connectivity index (χ4v) is 2.33. The number of rotatable bonds is 5. The van der Waals surface area contributed by atoms with Crippen molar-refractivity contribution in [1.29, 1.82) is 0 Å². The molecule has 0 spiro atoms. The average Bonchev–Trinajstić information content (AvgIpc) is 2.17. The number of anilines is 1. The van der Waals surface area contributed by atoms with Gasteiger partial charge in [0, 0.05) is 18.0 Å². The Morgan fingerprint density at radius 3 is 2.73 bits per heavy atom. The van der Waals surface area contributed by atoms with Gasteiger partial charge in [0.1, 0.15) is 5.75 Å². The molecule has 2 N–H and O–H groups in total. The molecule has 0 bridgehead atoms. The normalized spacial score (nSPS) is 10.7. The molecule has 0 unspecified atom stereocenters. The molecular weight excluding hydrogens is 208 g/mol. The van der Waals surface area contributed by atoms with E-state index in [2.05, 4.69) is 19.0 Å². The third-order valence-electron chi connectivity index (χ3n) is 1.98. The maximum Gasteiger partial charge on any atom is 0.132 e. The van der Waals surface area contributed by atoms with E-state index < -0.39 is 0 Å². The number of ether oxygens (including phenoxy) is 1. The maximum absolute atomic E-state index is 5.73. The highest BCUT2D eigenvalue weighted by molar-refractivity contribution is 7.99. The molecule has 84 valence electrons. The van der Waals surface area contributed by atoms with E-state index in [0.29, 0.717) is 0 Å². The first-order valence-corrected chi connectivity index (χ1v) is 5.83. The van der Waals surface area contributed by atoms with Gasteiger partial charge in [-0.3, -0.25) is 0 Å². The first-order chi connectivity index (χ1) is 7.13. The summed E-state index contributed by atoms with van der Waals surface area (Å²) in [5, 5.41) is 0. The van der Waals surface area contributed by atoms with Crippen molar-refractivity contribution in [2.75, 3.05) is 39.2 Å². The van der Waals surface area contributed by atoms with E-state index in [4.69, 9.17) is 10.5 Å². The fourth-order valence-electron chi connectivity index (χ4n) is 1.14. The molecular formula is C11H18N2OS. The Labute approximate surface area is 95.6 Å². The van der Waals surface area contributed by atoms with Crippen LogP contribution in [0.15, 0.2) is 23.1 Å². The van der Waals surface area contributed by atoms with Crippen molar-refractivity contribution < 1.29 is 4.74 Å². The summed E-state index contributed by atoms with van der Waals surface area (Å²) < 4.78 is 5.27. The summed E-state index contributed by atoms with van der Waals surface area (Å²) in [6.45, 7) is 1.04. The Kier molecular flexibility index (Phi) is 4.78. The van der Waals surface area contributed by atoms with E-state index in [-0.39, 0.29) is 0 Å². The molecule has 15 heavy (non-hydrogen) atoms. The van der Waals surface area contributed by atoms with Crippen LogP contribution < -0.4 is 10.5 Å².